The lowest BCUT2D eigenvalue weighted by Crippen LogP contribution is -2.51. The van der Waals surface area contributed by atoms with Crippen LogP contribution in [0.15, 0.2) is 51.7 Å². The maximum atomic E-state index is 12.4. The second-order valence-electron chi connectivity index (χ2n) is 10.5. The molecule has 2 saturated heterocycles. The zero-order valence-corrected chi connectivity index (χ0v) is 21.5. The molecule has 2 aliphatic heterocycles. The lowest BCUT2D eigenvalue weighted by Gasteiger charge is -2.45. The van der Waals surface area contributed by atoms with Crippen LogP contribution in [0.2, 0.25) is 0 Å². The van der Waals surface area contributed by atoms with Gasteiger partial charge in [-0.3, -0.25) is 4.90 Å². The zero-order chi connectivity index (χ0) is 25.1. The molecule has 1 aromatic heterocycles. The third-order valence-corrected chi connectivity index (χ3v) is 8.13. The summed E-state index contributed by atoms with van der Waals surface area (Å²) in [5, 5.41) is 12.0. The summed E-state index contributed by atoms with van der Waals surface area (Å²) >= 11 is 0. The Labute approximate surface area is 213 Å². The number of aryl methyl sites for hydroxylation is 1. The average molecular weight is 491 g/mol. The van der Waals surface area contributed by atoms with Crippen molar-refractivity contribution in [1.29, 1.82) is 0 Å². The molecular formula is C30H38N2O4. The van der Waals surface area contributed by atoms with Crippen molar-refractivity contribution in [2.24, 2.45) is 5.92 Å². The summed E-state index contributed by atoms with van der Waals surface area (Å²) < 4.78 is 11.0. The summed E-state index contributed by atoms with van der Waals surface area (Å²) in [7, 11) is 1.74. The van der Waals surface area contributed by atoms with Crippen molar-refractivity contribution in [2.45, 2.75) is 51.6 Å². The SMILES string of the molecule is COCCN(Cc1cc2c(-c3ccccc3)cc(=O)oc2c(C)c1O)CC1CCCN2CCCCC12. The van der Waals surface area contributed by atoms with Gasteiger partial charge in [-0.05, 0) is 68.8 Å². The minimum absolute atomic E-state index is 0.209. The molecule has 0 aliphatic carbocycles. The third kappa shape index (κ3) is 5.22. The maximum absolute atomic E-state index is 12.4. The number of ether oxygens (including phenoxy) is 1. The number of phenols is 1. The Morgan fingerprint density at radius 3 is 2.72 bits per heavy atom. The van der Waals surface area contributed by atoms with Crippen LogP contribution >= 0.6 is 0 Å². The molecular weight excluding hydrogens is 452 g/mol. The summed E-state index contributed by atoms with van der Waals surface area (Å²) in [5.41, 5.74) is 3.31. The largest absolute Gasteiger partial charge is 0.507 e. The molecule has 0 saturated carbocycles. The number of fused-ring (bicyclic) bond motifs is 2. The van der Waals surface area contributed by atoms with Crippen LogP contribution in [0.3, 0.4) is 0 Å². The molecule has 0 amide bonds. The van der Waals surface area contributed by atoms with Crippen molar-refractivity contribution in [3.63, 3.8) is 0 Å². The van der Waals surface area contributed by atoms with E-state index in [9.17, 15) is 9.90 Å². The van der Waals surface area contributed by atoms with Gasteiger partial charge in [-0.25, -0.2) is 4.79 Å². The second kappa shape index (κ2) is 11.2. The highest BCUT2D eigenvalue weighted by Crippen LogP contribution is 2.37. The number of aromatic hydroxyl groups is 1. The lowest BCUT2D eigenvalue weighted by atomic mass is 9.83. The van der Waals surface area contributed by atoms with Gasteiger partial charge >= 0.3 is 5.63 Å². The first-order valence-electron chi connectivity index (χ1n) is 13.3. The maximum Gasteiger partial charge on any atom is 0.336 e. The van der Waals surface area contributed by atoms with E-state index < -0.39 is 5.63 Å². The molecule has 3 aromatic rings. The Kier molecular flexibility index (Phi) is 7.75. The normalized spacial score (nSPS) is 20.6. The van der Waals surface area contributed by atoms with E-state index in [4.69, 9.17) is 9.15 Å². The molecule has 36 heavy (non-hydrogen) atoms. The Bertz CT molecular complexity index is 1240. The Morgan fingerprint density at radius 1 is 1.11 bits per heavy atom. The predicted octanol–water partition coefficient (Wildman–Crippen LogP) is 5.19. The number of piperidine rings is 2. The lowest BCUT2D eigenvalue weighted by molar-refractivity contribution is 0.0335. The van der Waals surface area contributed by atoms with Crippen LogP contribution in [0.1, 0.15) is 43.2 Å². The Balaban J connectivity index is 1.49. The van der Waals surface area contributed by atoms with Gasteiger partial charge in [-0.1, -0.05) is 36.8 Å². The molecule has 192 valence electrons. The minimum atomic E-state index is -0.410. The molecule has 2 aromatic carbocycles. The highest BCUT2D eigenvalue weighted by Gasteiger charge is 2.34. The van der Waals surface area contributed by atoms with Crippen molar-refractivity contribution >= 4 is 11.0 Å². The number of hydrogen-bond donors (Lipinski definition) is 1. The van der Waals surface area contributed by atoms with Crippen LogP contribution in [0.4, 0.5) is 0 Å². The van der Waals surface area contributed by atoms with E-state index >= 15 is 0 Å². The number of hydrogen-bond acceptors (Lipinski definition) is 6. The molecule has 6 heteroatoms. The molecule has 3 heterocycles. The molecule has 6 nitrogen and oxygen atoms in total. The number of nitrogens with zero attached hydrogens (tertiary/aromatic N) is 2. The summed E-state index contributed by atoms with van der Waals surface area (Å²) in [6.07, 6.45) is 6.47. The first-order valence-corrected chi connectivity index (χ1v) is 13.3. The van der Waals surface area contributed by atoms with Crippen LogP contribution < -0.4 is 5.63 Å². The molecule has 2 aliphatic rings. The fourth-order valence-electron chi connectivity index (χ4n) is 6.31. The van der Waals surface area contributed by atoms with E-state index in [0.29, 0.717) is 36.3 Å². The van der Waals surface area contributed by atoms with Gasteiger partial charge in [0.1, 0.15) is 11.3 Å². The second-order valence-corrected chi connectivity index (χ2v) is 10.5. The molecule has 1 N–H and O–H groups in total. The van der Waals surface area contributed by atoms with Crippen LogP contribution in [0.5, 0.6) is 5.75 Å². The predicted molar refractivity (Wildman–Crippen MR) is 143 cm³/mol. The summed E-state index contributed by atoms with van der Waals surface area (Å²) in [6.45, 7) is 7.39. The Morgan fingerprint density at radius 2 is 1.92 bits per heavy atom. The topological polar surface area (TPSA) is 66.1 Å². The van der Waals surface area contributed by atoms with Crippen molar-refractivity contribution in [2.75, 3.05) is 39.9 Å². The number of phenolic OH excluding ortho intramolecular Hbond substituents is 1. The van der Waals surface area contributed by atoms with Gasteiger partial charge in [0, 0.05) is 55.4 Å². The van der Waals surface area contributed by atoms with Crippen molar-refractivity contribution in [3.05, 3.63) is 64.0 Å². The third-order valence-electron chi connectivity index (χ3n) is 8.13. The van der Waals surface area contributed by atoms with Crippen LogP contribution in [-0.2, 0) is 11.3 Å². The van der Waals surface area contributed by atoms with Crippen LogP contribution in [0.25, 0.3) is 22.1 Å². The number of benzene rings is 2. The zero-order valence-electron chi connectivity index (χ0n) is 21.5. The van der Waals surface area contributed by atoms with Crippen LogP contribution in [-0.4, -0.2) is 60.8 Å². The van der Waals surface area contributed by atoms with Gasteiger partial charge in [-0.15, -0.1) is 0 Å². The van der Waals surface area contributed by atoms with Gasteiger partial charge in [0.15, 0.2) is 0 Å². The molecule has 2 fully saturated rings. The first kappa shape index (κ1) is 25.0. The van der Waals surface area contributed by atoms with E-state index in [1.165, 1.54) is 45.2 Å². The van der Waals surface area contributed by atoms with Gasteiger partial charge in [0.2, 0.25) is 0 Å². The monoisotopic (exact) mass is 490 g/mol. The minimum Gasteiger partial charge on any atom is -0.507 e. The highest BCUT2D eigenvalue weighted by atomic mass is 16.5. The van der Waals surface area contributed by atoms with Gasteiger partial charge in [0.25, 0.3) is 0 Å². The van der Waals surface area contributed by atoms with Crippen molar-refractivity contribution in [1.82, 2.24) is 9.80 Å². The summed E-state index contributed by atoms with van der Waals surface area (Å²) in [4.78, 5) is 17.5. The van der Waals surface area contributed by atoms with Gasteiger partial charge < -0.3 is 19.2 Å². The fraction of sp³-hybridized carbons (Fsp3) is 0.500. The molecule has 0 radical (unpaired) electrons. The number of methoxy groups -OCH3 is 1. The molecule has 0 spiro atoms. The molecule has 5 rings (SSSR count). The first-order chi connectivity index (χ1) is 17.5. The molecule has 2 atom stereocenters. The highest BCUT2D eigenvalue weighted by molar-refractivity contribution is 5.96. The van der Waals surface area contributed by atoms with Crippen LogP contribution in [0, 0.1) is 12.8 Å². The average Bonchev–Trinajstić information content (AvgIpc) is 2.91. The Hall–Kier alpha value is -2.67. The van der Waals surface area contributed by atoms with Crippen molar-refractivity contribution < 1.29 is 14.3 Å². The van der Waals surface area contributed by atoms with E-state index in [1.54, 1.807) is 13.2 Å². The van der Waals surface area contributed by atoms with E-state index in [2.05, 4.69) is 9.80 Å². The van der Waals surface area contributed by atoms with Gasteiger partial charge in [-0.2, -0.15) is 0 Å². The molecule has 0 bridgehead atoms. The van der Waals surface area contributed by atoms with Crippen molar-refractivity contribution in [3.8, 4) is 16.9 Å². The summed E-state index contributed by atoms with van der Waals surface area (Å²) in [6, 6.07) is 14.1. The van der Waals surface area contributed by atoms with E-state index in [0.717, 1.165) is 35.2 Å². The number of rotatable bonds is 8. The quantitative estimate of drug-likeness (QED) is 0.439. The fourth-order valence-corrected chi connectivity index (χ4v) is 6.31. The van der Waals surface area contributed by atoms with Gasteiger partial charge in [0.05, 0.1) is 6.61 Å². The summed E-state index contributed by atoms with van der Waals surface area (Å²) in [5.74, 6) is 0.846. The van der Waals surface area contributed by atoms with E-state index in [-0.39, 0.29) is 5.75 Å². The molecule has 2 unspecified atom stereocenters. The standard InChI is InChI=1S/C30H38N2O4/c1-21-29(34)24(17-26-25(18-28(33)36-30(21)26)22-9-4-3-5-10-22)20-31(15-16-35-2)19-23-11-8-14-32-13-7-6-12-27(23)32/h3-5,9-10,17-18,23,27,34H,6-8,11-16,19-20H2,1-2H3. The van der Waals surface area contributed by atoms with E-state index in [1.807, 2.05) is 43.3 Å². The smallest absolute Gasteiger partial charge is 0.336 e.